The molecule has 1 aliphatic heterocycles. The highest BCUT2D eigenvalue weighted by Gasteiger charge is 2.14. The van der Waals surface area contributed by atoms with Gasteiger partial charge in [-0.25, -0.2) is 0 Å². The minimum Gasteiger partial charge on any atom is -0.376 e. The van der Waals surface area contributed by atoms with Gasteiger partial charge in [0, 0.05) is 19.7 Å². The summed E-state index contributed by atoms with van der Waals surface area (Å²) >= 11 is 0. The highest BCUT2D eigenvalue weighted by molar-refractivity contribution is 5.77. The van der Waals surface area contributed by atoms with E-state index in [-0.39, 0.29) is 6.10 Å². The normalized spacial score (nSPS) is 18.8. The van der Waals surface area contributed by atoms with E-state index in [1.807, 2.05) is 6.07 Å². The lowest BCUT2D eigenvalue weighted by Gasteiger charge is -2.17. The number of benzene rings is 1. The SMILES string of the molecule is CN(CCCNC(N)=NCC1CCCO1)Cc1ccccc1. The van der Waals surface area contributed by atoms with Crippen molar-refractivity contribution in [1.82, 2.24) is 10.2 Å². The van der Waals surface area contributed by atoms with Crippen LogP contribution in [-0.2, 0) is 11.3 Å². The molecule has 1 fully saturated rings. The number of hydrogen-bond acceptors (Lipinski definition) is 3. The maximum absolute atomic E-state index is 5.86. The number of rotatable bonds is 8. The highest BCUT2D eigenvalue weighted by atomic mass is 16.5. The Morgan fingerprint density at radius 1 is 1.41 bits per heavy atom. The number of nitrogens with zero attached hydrogens (tertiary/aromatic N) is 2. The first-order valence-electron chi connectivity index (χ1n) is 8.12. The van der Waals surface area contributed by atoms with Crippen molar-refractivity contribution in [2.75, 3.05) is 33.3 Å². The van der Waals surface area contributed by atoms with Crippen LogP contribution in [0, 0.1) is 0 Å². The monoisotopic (exact) mass is 304 g/mol. The summed E-state index contributed by atoms with van der Waals surface area (Å²) in [6, 6.07) is 10.5. The van der Waals surface area contributed by atoms with Gasteiger partial charge in [0.05, 0.1) is 12.6 Å². The minimum absolute atomic E-state index is 0.261. The van der Waals surface area contributed by atoms with E-state index in [9.17, 15) is 0 Å². The van der Waals surface area contributed by atoms with Crippen molar-refractivity contribution < 1.29 is 4.74 Å². The molecule has 5 nitrogen and oxygen atoms in total. The molecule has 0 saturated carbocycles. The lowest BCUT2D eigenvalue weighted by Crippen LogP contribution is -2.34. The molecular formula is C17H28N4O. The van der Waals surface area contributed by atoms with Gasteiger partial charge in [-0.1, -0.05) is 30.3 Å². The van der Waals surface area contributed by atoms with Crippen molar-refractivity contribution in [2.45, 2.75) is 31.9 Å². The molecular weight excluding hydrogens is 276 g/mol. The van der Waals surface area contributed by atoms with Crippen LogP contribution in [0.15, 0.2) is 35.3 Å². The highest BCUT2D eigenvalue weighted by Crippen LogP contribution is 2.11. The summed E-state index contributed by atoms with van der Waals surface area (Å²) in [7, 11) is 2.14. The summed E-state index contributed by atoms with van der Waals surface area (Å²) in [6.45, 7) is 4.39. The lowest BCUT2D eigenvalue weighted by atomic mass is 10.2. The molecule has 1 aromatic carbocycles. The van der Waals surface area contributed by atoms with Gasteiger partial charge in [0.1, 0.15) is 0 Å². The third kappa shape index (κ3) is 6.45. The molecule has 0 spiro atoms. The van der Waals surface area contributed by atoms with Crippen molar-refractivity contribution in [3.8, 4) is 0 Å². The molecule has 5 heteroatoms. The van der Waals surface area contributed by atoms with Gasteiger partial charge < -0.3 is 20.7 Å². The first kappa shape index (κ1) is 16.8. The number of nitrogens with two attached hydrogens (primary N) is 1. The topological polar surface area (TPSA) is 62.9 Å². The van der Waals surface area contributed by atoms with E-state index in [1.165, 1.54) is 5.56 Å². The number of ether oxygens (including phenoxy) is 1. The molecule has 1 atom stereocenters. The van der Waals surface area contributed by atoms with E-state index in [2.05, 4.69) is 46.5 Å². The first-order valence-corrected chi connectivity index (χ1v) is 8.12. The van der Waals surface area contributed by atoms with Crippen LogP contribution in [0.1, 0.15) is 24.8 Å². The fourth-order valence-electron chi connectivity index (χ4n) is 2.58. The molecule has 2 rings (SSSR count). The van der Waals surface area contributed by atoms with Crippen LogP contribution in [-0.4, -0.2) is 50.3 Å². The third-order valence-electron chi connectivity index (χ3n) is 3.81. The second-order valence-electron chi connectivity index (χ2n) is 5.86. The number of hydrogen-bond donors (Lipinski definition) is 2. The molecule has 122 valence electrons. The smallest absolute Gasteiger partial charge is 0.188 e. The summed E-state index contributed by atoms with van der Waals surface area (Å²) in [4.78, 5) is 6.65. The van der Waals surface area contributed by atoms with Crippen LogP contribution >= 0.6 is 0 Å². The second kappa shape index (κ2) is 9.43. The Hall–Kier alpha value is -1.59. The minimum atomic E-state index is 0.261. The molecule has 1 unspecified atom stereocenters. The van der Waals surface area contributed by atoms with Gasteiger partial charge in [0.2, 0.25) is 0 Å². The zero-order valence-corrected chi connectivity index (χ0v) is 13.5. The Bertz CT molecular complexity index is 443. The van der Waals surface area contributed by atoms with Gasteiger partial charge in [0.15, 0.2) is 5.96 Å². The number of guanidine groups is 1. The third-order valence-corrected chi connectivity index (χ3v) is 3.81. The predicted molar refractivity (Wildman–Crippen MR) is 90.9 cm³/mol. The van der Waals surface area contributed by atoms with Gasteiger partial charge in [-0.05, 0) is 38.4 Å². The summed E-state index contributed by atoms with van der Waals surface area (Å²) in [5.74, 6) is 0.529. The summed E-state index contributed by atoms with van der Waals surface area (Å²) in [5.41, 5.74) is 7.21. The van der Waals surface area contributed by atoms with Crippen molar-refractivity contribution in [2.24, 2.45) is 10.7 Å². The molecule has 22 heavy (non-hydrogen) atoms. The fraction of sp³-hybridized carbons (Fsp3) is 0.588. The molecule has 1 aliphatic rings. The molecule has 0 bridgehead atoms. The molecule has 1 aromatic rings. The Morgan fingerprint density at radius 3 is 2.95 bits per heavy atom. The molecule has 0 aliphatic carbocycles. The largest absolute Gasteiger partial charge is 0.376 e. The Kier molecular flexibility index (Phi) is 7.19. The van der Waals surface area contributed by atoms with Crippen molar-refractivity contribution in [3.63, 3.8) is 0 Å². The Morgan fingerprint density at radius 2 is 2.23 bits per heavy atom. The van der Waals surface area contributed by atoms with Crippen LogP contribution in [0.2, 0.25) is 0 Å². The zero-order chi connectivity index (χ0) is 15.6. The Labute approximate surface area is 133 Å². The van der Waals surface area contributed by atoms with Crippen LogP contribution in [0.25, 0.3) is 0 Å². The number of nitrogens with one attached hydrogen (secondary N) is 1. The lowest BCUT2D eigenvalue weighted by molar-refractivity contribution is 0.118. The summed E-state index contributed by atoms with van der Waals surface area (Å²) < 4.78 is 5.52. The molecule has 1 saturated heterocycles. The van der Waals surface area contributed by atoms with Crippen molar-refractivity contribution >= 4 is 5.96 Å². The maximum Gasteiger partial charge on any atom is 0.188 e. The predicted octanol–water partition coefficient (Wildman–Crippen LogP) is 1.59. The summed E-state index contributed by atoms with van der Waals surface area (Å²) in [6.07, 6.45) is 3.54. The molecule has 0 aromatic heterocycles. The molecule has 3 N–H and O–H groups in total. The number of aliphatic imine (C=N–C) groups is 1. The maximum atomic E-state index is 5.86. The van der Waals surface area contributed by atoms with E-state index in [0.29, 0.717) is 12.5 Å². The van der Waals surface area contributed by atoms with Gasteiger partial charge in [0.25, 0.3) is 0 Å². The standard InChI is InChI=1S/C17H28N4O/c1-21(14-15-7-3-2-4-8-15)11-6-10-19-17(18)20-13-16-9-5-12-22-16/h2-4,7-8,16H,5-6,9-14H2,1H3,(H3,18,19,20). The van der Waals surface area contributed by atoms with E-state index >= 15 is 0 Å². The molecule has 0 radical (unpaired) electrons. The van der Waals surface area contributed by atoms with Gasteiger partial charge >= 0.3 is 0 Å². The van der Waals surface area contributed by atoms with Crippen LogP contribution in [0.4, 0.5) is 0 Å². The second-order valence-corrected chi connectivity index (χ2v) is 5.86. The quantitative estimate of drug-likeness (QED) is 0.435. The van der Waals surface area contributed by atoms with Crippen LogP contribution in [0.3, 0.4) is 0 Å². The average Bonchev–Trinajstić information content (AvgIpc) is 3.04. The Balaban J connectivity index is 1.55. The van der Waals surface area contributed by atoms with E-state index in [4.69, 9.17) is 10.5 Å². The molecule has 0 amide bonds. The van der Waals surface area contributed by atoms with E-state index < -0.39 is 0 Å². The van der Waals surface area contributed by atoms with E-state index in [1.54, 1.807) is 0 Å². The fourth-order valence-corrected chi connectivity index (χ4v) is 2.58. The van der Waals surface area contributed by atoms with Gasteiger partial charge in [-0.3, -0.25) is 4.99 Å². The van der Waals surface area contributed by atoms with Crippen molar-refractivity contribution in [3.05, 3.63) is 35.9 Å². The first-order chi connectivity index (χ1) is 10.7. The summed E-state index contributed by atoms with van der Waals surface area (Å²) in [5, 5.41) is 3.17. The van der Waals surface area contributed by atoms with Crippen LogP contribution < -0.4 is 11.1 Å². The average molecular weight is 304 g/mol. The van der Waals surface area contributed by atoms with Gasteiger partial charge in [-0.15, -0.1) is 0 Å². The molecule has 1 heterocycles. The van der Waals surface area contributed by atoms with Crippen molar-refractivity contribution in [1.29, 1.82) is 0 Å². The zero-order valence-electron chi connectivity index (χ0n) is 13.5. The van der Waals surface area contributed by atoms with E-state index in [0.717, 1.165) is 45.5 Å². The van der Waals surface area contributed by atoms with Crippen LogP contribution in [0.5, 0.6) is 0 Å². The van der Waals surface area contributed by atoms with Gasteiger partial charge in [-0.2, -0.15) is 0 Å².